The third kappa shape index (κ3) is 5.36. The molecule has 7 heteroatoms. The number of nitrogens with one attached hydrogen (secondary N) is 1. The summed E-state index contributed by atoms with van der Waals surface area (Å²) >= 11 is 0. The predicted molar refractivity (Wildman–Crippen MR) is 59.2 cm³/mol. The van der Waals surface area contributed by atoms with Gasteiger partial charge in [-0.15, -0.1) is 10.1 Å². The summed E-state index contributed by atoms with van der Waals surface area (Å²) in [7, 11) is 0. The molecule has 0 unspecified atom stereocenters. The molecular formula is C10H12N2O5. The number of nitrogens with zero attached hydrogens (tertiary/aromatic N) is 1. The largest absolute Gasteiger partial charge is 0.492 e. The van der Waals surface area contributed by atoms with Gasteiger partial charge in [-0.05, 0) is 24.3 Å². The molecule has 0 aliphatic heterocycles. The highest BCUT2D eigenvalue weighted by atomic mass is 17.0. The Morgan fingerprint density at radius 1 is 1.35 bits per heavy atom. The average Bonchev–Trinajstić information content (AvgIpc) is 2.25. The average molecular weight is 240 g/mol. The van der Waals surface area contributed by atoms with Crippen LogP contribution in [-0.4, -0.2) is 24.2 Å². The van der Waals surface area contributed by atoms with Crippen molar-refractivity contribution in [2.75, 3.05) is 18.5 Å². The van der Waals surface area contributed by atoms with Crippen LogP contribution < -0.4 is 10.1 Å². The smallest absolute Gasteiger partial charge is 0.294 e. The van der Waals surface area contributed by atoms with Gasteiger partial charge in [0, 0.05) is 12.6 Å². The Morgan fingerprint density at radius 3 is 2.53 bits per heavy atom. The van der Waals surface area contributed by atoms with Gasteiger partial charge in [-0.3, -0.25) is 4.79 Å². The van der Waals surface area contributed by atoms with Crippen LogP contribution in [-0.2, 0) is 9.63 Å². The fourth-order valence-electron chi connectivity index (χ4n) is 1.11. The molecule has 0 fully saturated rings. The number of ether oxygens (including phenoxy) is 1. The van der Waals surface area contributed by atoms with Gasteiger partial charge in [-0.25, -0.2) is 0 Å². The maximum atomic E-state index is 10.8. The number of carbonyl (C=O) groups excluding carboxylic acids is 1. The van der Waals surface area contributed by atoms with Crippen molar-refractivity contribution in [2.45, 2.75) is 6.92 Å². The number of rotatable bonds is 6. The molecule has 7 nitrogen and oxygen atoms in total. The van der Waals surface area contributed by atoms with E-state index in [0.717, 1.165) is 0 Å². The summed E-state index contributed by atoms with van der Waals surface area (Å²) in [6, 6.07) is 6.64. The number of anilines is 1. The normalized spacial score (nSPS) is 9.47. The number of carbonyl (C=O) groups is 1. The number of amides is 1. The molecule has 0 radical (unpaired) electrons. The maximum absolute atomic E-state index is 10.8. The van der Waals surface area contributed by atoms with Gasteiger partial charge in [0.15, 0.2) is 0 Å². The molecule has 0 atom stereocenters. The van der Waals surface area contributed by atoms with Crippen LogP contribution in [0.1, 0.15) is 6.92 Å². The molecule has 92 valence electrons. The van der Waals surface area contributed by atoms with E-state index in [0.29, 0.717) is 11.4 Å². The van der Waals surface area contributed by atoms with Crippen molar-refractivity contribution in [3.05, 3.63) is 34.4 Å². The lowest BCUT2D eigenvalue weighted by atomic mass is 10.3. The summed E-state index contributed by atoms with van der Waals surface area (Å²) < 4.78 is 5.17. The molecule has 1 aromatic carbocycles. The van der Waals surface area contributed by atoms with Gasteiger partial charge in [0.1, 0.15) is 19.0 Å². The van der Waals surface area contributed by atoms with Crippen LogP contribution in [0, 0.1) is 10.1 Å². The molecule has 0 heterocycles. The van der Waals surface area contributed by atoms with Crippen molar-refractivity contribution in [1.82, 2.24) is 0 Å². The van der Waals surface area contributed by atoms with Gasteiger partial charge in [0.25, 0.3) is 5.09 Å². The third-order valence-electron chi connectivity index (χ3n) is 1.72. The van der Waals surface area contributed by atoms with E-state index in [1.54, 1.807) is 24.3 Å². The van der Waals surface area contributed by atoms with Crippen molar-refractivity contribution < 1.29 is 19.5 Å². The summed E-state index contributed by atoms with van der Waals surface area (Å²) in [4.78, 5) is 24.7. The third-order valence-corrected chi connectivity index (χ3v) is 1.72. The highest BCUT2D eigenvalue weighted by molar-refractivity contribution is 5.88. The van der Waals surface area contributed by atoms with Crippen LogP contribution in [0.3, 0.4) is 0 Å². The Morgan fingerprint density at radius 2 is 2.00 bits per heavy atom. The van der Waals surface area contributed by atoms with E-state index in [1.165, 1.54) is 6.92 Å². The van der Waals surface area contributed by atoms with Gasteiger partial charge in [0.05, 0.1) is 0 Å². The fourth-order valence-corrected chi connectivity index (χ4v) is 1.11. The minimum absolute atomic E-state index is 0.0838. The van der Waals surface area contributed by atoms with Crippen LogP contribution in [0.4, 0.5) is 5.69 Å². The second-order valence-electron chi connectivity index (χ2n) is 3.11. The molecule has 0 aliphatic carbocycles. The summed E-state index contributed by atoms with van der Waals surface area (Å²) in [5.41, 5.74) is 0.659. The predicted octanol–water partition coefficient (Wildman–Crippen LogP) is 1.23. The highest BCUT2D eigenvalue weighted by Gasteiger charge is 1.98. The minimum Gasteiger partial charge on any atom is -0.492 e. The summed E-state index contributed by atoms with van der Waals surface area (Å²) in [6.07, 6.45) is 0. The topological polar surface area (TPSA) is 90.7 Å². The molecule has 0 aliphatic rings. The van der Waals surface area contributed by atoms with Crippen molar-refractivity contribution in [3.63, 3.8) is 0 Å². The Kier molecular flexibility index (Phi) is 4.74. The fraction of sp³-hybridized carbons (Fsp3) is 0.300. The summed E-state index contributed by atoms with van der Waals surface area (Å²) in [5, 5.41) is 11.6. The molecule has 0 saturated heterocycles. The summed E-state index contributed by atoms with van der Waals surface area (Å²) in [5.74, 6) is 0.393. The standard InChI is InChI=1S/C10H12N2O5/c1-8(13)11-9-2-4-10(5-3-9)16-6-7-17-12(14)15/h2-5H,6-7H2,1H3,(H,11,13). The van der Waals surface area contributed by atoms with E-state index >= 15 is 0 Å². The second-order valence-corrected chi connectivity index (χ2v) is 3.11. The molecule has 1 amide bonds. The van der Waals surface area contributed by atoms with Gasteiger partial charge in [0.2, 0.25) is 5.91 Å². The van der Waals surface area contributed by atoms with E-state index in [4.69, 9.17) is 4.74 Å². The lowest BCUT2D eigenvalue weighted by molar-refractivity contribution is -0.757. The summed E-state index contributed by atoms with van der Waals surface area (Å²) in [6.45, 7) is 1.38. The molecule has 17 heavy (non-hydrogen) atoms. The zero-order valence-corrected chi connectivity index (χ0v) is 9.21. The molecule has 0 bridgehead atoms. The molecular weight excluding hydrogens is 228 g/mol. The lowest BCUT2D eigenvalue weighted by Crippen LogP contribution is -2.10. The molecule has 0 aromatic heterocycles. The monoisotopic (exact) mass is 240 g/mol. The number of hydrogen-bond acceptors (Lipinski definition) is 5. The second kappa shape index (κ2) is 6.31. The molecule has 1 aromatic rings. The van der Waals surface area contributed by atoms with Crippen molar-refractivity contribution in [3.8, 4) is 5.75 Å². The minimum atomic E-state index is -0.872. The lowest BCUT2D eigenvalue weighted by Gasteiger charge is -2.06. The Bertz CT molecular complexity index is 390. The van der Waals surface area contributed by atoms with E-state index in [9.17, 15) is 14.9 Å². The Labute approximate surface area is 97.4 Å². The highest BCUT2D eigenvalue weighted by Crippen LogP contribution is 2.15. The van der Waals surface area contributed by atoms with Crippen LogP contribution in [0.2, 0.25) is 0 Å². The Hall–Kier alpha value is -2.31. The maximum Gasteiger partial charge on any atom is 0.294 e. The van der Waals surface area contributed by atoms with E-state index in [1.807, 2.05) is 0 Å². The number of hydrogen-bond donors (Lipinski definition) is 1. The van der Waals surface area contributed by atoms with Crippen molar-refractivity contribution >= 4 is 11.6 Å². The first kappa shape index (κ1) is 12.8. The Balaban J connectivity index is 2.35. The van der Waals surface area contributed by atoms with Gasteiger partial charge in [-0.2, -0.15) is 0 Å². The van der Waals surface area contributed by atoms with E-state index in [-0.39, 0.29) is 19.1 Å². The van der Waals surface area contributed by atoms with Gasteiger partial charge < -0.3 is 14.9 Å². The molecule has 1 N–H and O–H groups in total. The SMILES string of the molecule is CC(=O)Nc1ccc(OCCO[N+](=O)[O-])cc1. The van der Waals surface area contributed by atoms with Crippen LogP contribution in [0.5, 0.6) is 5.75 Å². The number of benzene rings is 1. The zero-order chi connectivity index (χ0) is 12.7. The molecule has 0 spiro atoms. The van der Waals surface area contributed by atoms with Crippen molar-refractivity contribution in [1.29, 1.82) is 0 Å². The first-order valence-corrected chi connectivity index (χ1v) is 4.85. The van der Waals surface area contributed by atoms with E-state index < -0.39 is 5.09 Å². The first-order valence-electron chi connectivity index (χ1n) is 4.85. The molecule has 1 rings (SSSR count). The zero-order valence-electron chi connectivity index (χ0n) is 9.21. The van der Waals surface area contributed by atoms with E-state index in [2.05, 4.69) is 10.2 Å². The van der Waals surface area contributed by atoms with Gasteiger partial charge in [-0.1, -0.05) is 0 Å². The van der Waals surface area contributed by atoms with Crippen molar-refractivity contribution in [2.24, 2.45) is 0 Å². The first-order chi connectivity index (χ1) is 8.08. The molecule has 0 saturated carbocycles. The van der Waals surface area contributed by atoms with Crippen LogP contribution in [0.25, 0.3) is 0 Å². The van der Waals surface area contributed by atoms with Gasteiger partial charge >= 0.3 is 0 Å². The van der Waals surface area contributed by atoms with Crippen LogP contribution >= 0.6 is 0 Å². The van der Waals surface area contributed by atoms with Crippen LogP contribution in [0.15, 0.2) is 24.3 Å². The quantitative estimate of drug-likeness (QED) is 0.458.